The largest absolute Gasteiger partial charge is 0.466 e. The van der Waals surface area contributed by atoms with Crippen LogP contribution in [0.2, 0.25) is 0 Å². The molecule has 2 aliphatic rings. The first-order valence-electron chi connectivity index (χ1n) is 11.5. The Kier molecular flexibility index (Phi) is 6.92. The molecule has 0 aliphatic carbocycles. The second-order valence-corrected chi connectivity index (χ2v) is 8.40. The topological polar surface area (TPSA) is 96.2 Å². The first kappa shape index (κ1) is 22.1. The molecule has 2 aromatic rings. The molecule has 2 saturated heterocycles. The van der Waals surface area contributed by atoms with Crippen LogP contribution >= 0.6 is 0 Å². The minimum absolute atomic E-state index is 0.0592. The lowest BCUT2D eigenvalue weighted by molar-refractivity contribution is -0.142. The van der Waals surface area contributed by atoms with Crippen LogP contribution in [0.1, 0.15) is 60.9 Å². The van der Waals surface area contributed by atoms with E-state index in [1.807, 2.05) is 11.1 Å². The molecule has 3 amide bonds. The van der Waals surface area contributed by atoms with Crippen molar-refractivity contribution in [3.8, 4) is 0 Å². The molecule has 0 aromatic carbocycles. The van der Waals surface area contributed by atoms with Crippen LogP contribution in [0.15, 0.2) is 24.5 Å². The van der Waals surface area contributed by atoms with Crippen molar-refractivity contribution >= 4 is 23.4 Å². The van der Waals surface area contributed by atoms with E-state index in [9.17, 15) is 14.4 Å². The molecule has 2 aromatic heterocycles. The molecule has 0 saturated carbocycles. The maximum Gasteiger partial charge on any atom is 0.317 e. The van der Waals surface area contributed by atoms with E-state index in [2.05, 4.69) is 22.5 Å². The van der Waals surface area contributed by atoms with Crippen molar-refractivity contribution in [1.82, 2.24) is 24.7 Å². The van der Waals surface area contributed by atoms with Gasteiger partial charge in [-0.25, -0.2) is 9.31 Å². The Morgan fingerprint density at radius 2 is 1.88 bits per heavy atom. The standard InChI is InChI=1S/C23H31N5O4/c1-2-32-21(29)5-9-24-23(31)27-12-6-17(7-13-27)18-8-14-28-20(15-18)19(16-25-28)22(30)26-10-3-4-11-26/h8,14-17H,2-7,9-13H2,1H3,(H,24,31). The van der Waals surface area contributed by atoms with Crippen molar-refractivity contribution in [1.29, 1.82) is 0 Å². The highest BCUT2D eigenvalue weighted by Crippen LogP contribution is 2.29. The normalized spacial score (nSPS) is 17.0. The number of carbonyl (C=O) groups excluding carboxylic acids is 3. The van der Waals surface area contributed by atoms with Crippen molar-refractivity contribution in [2.45, 2.75) is 44.9 Å². The van der Waals surface area contributed by atoms with E-state index in [1.165, 1.54) is 5.56 Å². The van der Waals surface area contributed by atoms with E-state index >= 15 is 0 Å². The first-order valence-corrected chi connectivity index (χ1v) is 11.5. The number of hydrogen-bond acceptors (Lipinski definition) is 5. The lowest BCUT2D eigenvalue weighted by Crippen LogP contribution is -2.44. The number of fused-ring (bicyclic) bond motifs is 1. The van der Waals surface area contributed by atoms with Gasteiger partial charge >= 0.3 is 12.0 Å². The molecule has 172 valence electrons. The van der Waals surface area contributed by atoms with E-state index in [4.69, 9.17) is 4.74 Å². The van der Waals surface area contributed by atoms with Gasteiger partial charge in [-0.15, -0.1) is 0 Å². The Morgan fingerprint density at radius 1 is 1.12 bits per heavy atom. The number of aromatic nitrogens is 2. The van der Waals surface area contributed by atoms with Gasteiger partial charge in [-0.1, -0.05) is 0 Å². The third-order valence-electron chi connectivity index (χ3n) is 6.33. The van der Waals surface area contributed by atoms with Crippen LogP contribution in [0.5, 0.6) is 0 Å². The summed E-state index contributed by atoms with van der Waals surface area (Å²) in [6.45, 7) is 5.33. The number of ether oxygens (including phenoxy) is 1. The van der Waals surface area contributed by atoms with Gasteiger partial charge in [0.05, 0.1) is 30.3 Å². The lowest BCUT2D eigenvalue weighted by Gasteiger charge is -2.32. The number of rotatable bonds is 6. The predicted octanol–water partition coefficient (Wildman–Crippen LogP) is 2.41. The summed E-state index contributed by atoms with van der Waals surface area (Å²) in [6.07, 6.45) is 7.59. The zero-order valence-electron chi connectivity index (χ0n) is 18.6. The van der Waals surface area contributed by atoms with Crippen molar-refractivity contribution < 1.29 is 19.1 Å². The number of amides is 3. The van der Waals surface area contributed by atoms with Gasteiger partial charge in [0.2, 0.25) is 0 Å². The van der Waals surface area contributed by atoms with Gasteiger partial charge in [0.1, 0.15) is 0 Å². The van der Waals surface area contributed by atoms with Gasteiger partial charge in [0, 0.05) is 38.9 Å². The summed E-state index contributed by atoms with van der Waals surface area (Å²) < 4.78 is 6.64. The van der Waals surface area contributed by atoms with E-state index < -0.39 is 0 Å². The van der Waals surface area contributed by atoms with Crippen molar-refractivity contribution in [3.63, 3.8) is 0 Å². The van der Waals surface area contributed by atoms with Crippen LogP contribution in [-0.2, 0) is 9.53 Å². The minimum atomic E-state index is -0.302. The first-order chi connectivity index (χ1) is 15.6. The van der Waals surface area contributed by atoms with E-state index in [0.717, 1.165) is 44.3 Å². The quantitative estimate of drug-likeness (QED) is 0.695. The zero-order valence-corrected chi connectivity index (χ0v) is 18.6. The predicted molar refractivity (Wildman–Crippen MR) is 119 cm³/mol. The Labute approximate surface area is 187 Å². The number of urea groups is 1. The smallest absolute Gasteiger partial charge is 0.317 e. The average molecular weight is 442 g/mol. The van der Waals surface area contributed by atoms with Crippen LogP contribution in [0.3, 0.4) is 0 Å². The summed E-state index contributed by atoms with van der Waals surface area (Å²) in [5, 5.41) is 7.16. The number of nitrogens with one attached hydrogen (secondary N) is 1. The zero-order chi connectivity index (χ0) is 22.5. The molecule has 1 N–H and O–H groups in total. The summed E-state index contributed by atoms with van der Waals surface area (Å²) >= 11 is 0. The summed E-state index contributed by atoms with van der Waals surface area (Å²) in [6, 6.07) is 4.00. The molecule has 2 fully saturated rings. The fraction of sp³-hybridized carbons (Fsp3) is 0.565. The summed E-state index contributed by atoms with van der Waals surface area (Å²) in [4.78, 5) is 40.4. The highest BCUT2D eigenvalue weighted by Gasteiger charge is 2.26. The van der Waals surface area contributed by atoms with Gasteiger partial charge in [-0.2, -0.15) is 5.10 Å². The van der Waals surface area contributed by atoms with E-state index in [-0.39, 0.29) is 30.9 Å². The molecule has 0 spiro atoms. The fourth-order valence-corrected chi connectivity index (χ4v) is 4.54. The lowest BCUT2D eigenvalue weighted by atomic mass is 9.89. The molecular weight excluding hydrogens is 410 g/mol. The number of likely N-dealkylation sites (tertiary alicyclic amines) is 2. The Balaban J connectivity index is 1.34. The second-order valence-electron chi connectivity index (χ2n) is 8.40. The Morgan fingerprint density at radius 3 is 2.59 bits per heavy atom. The summed E-state index contributed by atoms with van der Waals surface area (Å²) in [5.74, 6) is 0.0848. The van der Waals surface area contributed by atoms with Gasteiger partial charge in [0.15, 0.2) is 0 Å². The Hall–Kier alpha value is -3.10. The molecule has 2 aliphatic heterocycles. The number of piperidine rings is 1. The third-order valence-corrected chi connectivity index (χ3v) is 6.33. The molecule has 0 unspecified atom stereocenters. The third kappa shape index (κ3) is 4.87. The fourth-order valence-electron chi connectivity index (χ4n) is 4.54. The van der Waals surface area contributed by atoms with Crippen LogP contribution in [0.4, 0.5) is 4.79 Å². The molecule has 0 atom stereocenters. The maximum atomic E-state index is 12.9. The number of carbonyl (C=O) groups is 3. The number of hydrogen-bond donors (Lipinski definition) is 1. The molecule has 4 heterocycles. The van der Waals surface area contributed by atoms with E-state index in [1.54, 1.807) is 22.5 Å². The summed E-state index contributed by atoms with van der Waals surface area (Å²) in [5.41, 5.74) is 2.68. The van der Waals surface area contributed by atoms with Crippen LogP contribution in [-0.4, -0.2) is 76.7 Å². The molecule has 4 rings (SSSR count). The molecule has 9 heteroatoms. The average Bonchev–Trinajstić information content (AvgIpc) is 3.49. The molecule has 0 bridgehead atoms. The highest BCUT2D eigenvalue weighted by atomic mass is 16.5. The van der Waals surface area contributed by atoms with Crippen LogP contribution in [0, 0.1) is 0 Å². The Bertz CT molecular complexity index is 974. The number of nitrogens with zero attached hydrogens (tertiary/aromatic N) is 4. The van der Waals surface area contributed by atoms with Gasteiger partial charge < -0.3 is 19.9 Å². The summed E-state index contributed by atoms with van der Waals surface area (Å²) in [7, 11) is 0. The molecule has 9 nitrogen and oxygen atoms in total. The van der Waals surface area contributed by atoms with Crippen molar-refractivity contribution in [2.75, 3.05) is 39.3 Å². The van der Waals surface area contributed by atoms with Crippen molar-refractivity contribution in [2.24, 2.45) is 0 Å². The van der Waals surface area contributed by atoms with Crippen molar-refractivity contribution in [3.05, 3.63) is 35.7 Å². The number of pyridine rings is 1. The molecule has 32 heavy (non-hydrogen) atoms. The van der Waals surface area contributed by atoms with Gasteiger partial charge in [0.25, 0.3) is 5.91 Å². The minimum Gasteiger partial charge on any atom is -0.466 e. The van der Waals surface area contributed by atoms with Crippen LogP contribution in [0.25, 0.3) is 5.52 Å². The molecular formula is C23H31N5O4. The van der Waals surface area contributed by atoms with Gasteiger partial charge in [-0.3, -0.25) is 9.59 Å². The highest BCUT2D eigenvalue weighted by molar-refractivity contribution is 6.00. The van der Waals surface area contributed by atoms with E-state index in [0.29, 0.717) is 31.2 Å². The monoisotopic (exact) mass is 441 g/mol. The van der Waals surface area contributed by atoms with Crippen LogP contribution < -0.4 is 5.32 Å². The second kappa shape index (κ2) is 10.0. The van der Waals surface area contributed by atoms with Gasteiger partial charge in [-0.05, 0) is 56.2 Å². The number of esters is 1. The molecule has 0 radical (unpaired) electrons. The SMILES string of the molecule is CCOC(=O)CCNC(=O)N1CCC(c2ccn3ncc(C(=O)N4CCCC4)c3c2)CC1. The maximum absolute atomic E-state index is 12.9.